The first-order valence-electron chi connectivity index (χ1n) is 6.97. The molecule has 0 spiro atoms. The van der Waals surface area contributed by atoms with E-state index >= 15 is 0 Å². The minimum Gasteiger partial charge on any atom is -0.497 e. The number of rotatable bonds is 6. The molecule has 0 aliphatic heterocycles. The van der Waals surface area contributed by atoms with E-state index in [2.05, 4.69) is 15.7 Å². The third-order valence-electron chi connectivity index (χ3n) is 2.97. The Morgan fingerprint density at radius 1 is 1.32 bits per heavy atom. The van der Waals surface area contributed by atoms with Crippen molar-refractivity contribution < 1.29 is 14.6 Å². The zero-order chi connectivity index (χ0) is 15.9. The number of hydrogen-bond donors (Lipinski definition) is 3. The predicted molar refractivity (Wildman–Crippen MR) is 82.0 cm³/mol. The Labute approximate surface area is 128 Å². The summed E-state index contributed by atoms with van der Waals surface area (Å²) in [6.45, 7) is 2.14. The molecule has 0 fully saturated rings. The zero-order valence-electron chi connectivity index (χ0n) is 12.6. The highest BCUT2D eigenvalue weighted by Gasteiger charge is 2.05. The Morgan fingerprint density at radius 3 is 2.68 bits per heavy atom. The highest BCUT2D eigenvalue weighted by Crippen LogP contribution is 2.14. The SMILES string of the molecule is COc1ccc(-n2ccc(CNC(=O)NC[C@H](C)O)n2)cc1. The van der Waals surface area contributed by atoms with Crippen molar-refractivity contribution in [3.63, 3.8) is 0 Å². The van der Waals surface area contributed by atoms with E-state index in [4.69, 9.17) is 9.84 Å². The van der Waals surface area contributed by atoms with Crippen LogP contribution in [0.15, 0.2) is 36.5 Å². The van der Waals surface area contributed by atoms with Gasteiger partial charge in [-0.3, -0.25) is 0 Å². The van der Waals surface area contributed by atoms with E-state index in [1.165, 1.54) is 0 Å². The molecule has 0 bridgehead atoms. The summed E-state index contributed by atoms with van der Waals surface area (Å²) in [7, 11) is 1.62. The van der Waals surface area contributed by atoms with Crippen LogP contribution in [0.5, 0.6) is 5.75 Å². The molecule has 0 radical (unpaired) electrons. The van der Waals surface area contributed by atoms with Crippen LogP contribution in [0.1, 0.15) is 12.6 Å². The van der Waals surface area contributed by atoms with Crippen LogP contribution in [0.3, 0.4) is 0 Å². The molecule has 0 saturated carbocycles. The van der Waals surface area contributed by atoms with Crippen LogP contribution < -0.4 is 15.4 Å². The fourth-order valence-corrected chi connectivity index (χ4v) is 1.81. The summed E-state index contributed by atoms with van der Waals surface area (Å²) in [5, 5.41) is 18.7. The summed E-state index contributed by atoms with van der Waals surface area (Å²) in [4.78, 5) is 11.5. The molecule has 2 aromatic rings. The van der Waals surface area contributed by atoms with Crippen molar-refractivity contribution in [3.05, 3.63) is 42.2 Å². The molecule has 2 rings (SSSR count). The van der Waals surface area contributed by atoms with Crippen LogP contribution in [0, 0.1) is 0 Å². The second kappa shape index (κ2) is 7.46. The highest BCUT2D eigenvalue weighted by molar-refractivity contribution is 5.73. The lowest BCUT2D eigenvalue weighted by Crippen LogP contribution is -2.38. The second-order valence-electron chi connectivity index (χ2n) is 4.86. The van der Waals surface area contributed by atoms with E-state index in [1.807, 2.05) is 36.5 Å². The summed E-state index contributed by atoms with van der Waals surface area (Å²) in [5.41, 5.74) is 1.65. The zero-order valence-corrected chi connectivity index (χ0v) is 12.6. The van der Waals surface area contributed by atoms with Crippen LogP contribution >= 0.6 is 0 Å². The molecule has 1 aromatic heterocycles. The molecule has 1 heterocycles. The number of amides is 2. The molecule has 0 aliphatic carbocycles. The topological polar surface area (TPSA) is 88.4 Å². The molecular weight excluding hydrogens is 284 g/mol. The van der Waals surface area contributed by atoms with Crippen molar-refractivity contribution in [2.45, 2.75) is 19.6 Å². The number of ether oxygens (including phenoxy) is 1. The minimum atomic E-state index is -0.569. The Hall–Kier alpha value is -2.54. The normalized spacial score (nSPS) is 11.8. The fourth-order valence-electron chi connectivity index (χ4n) is 1.81. The molecule has 22 heavy (non-hydrogen) atoms. The minimum absolute atomic E-state index is 0.214. The molecule has 0 saturated heterocycles. The standard InChI is InChI=1S/C15H20N4O3/c1-11(20)9-16-15(21)17-10-12-7-8-19(18-12)13-3-5-14(22-2)6-4-13/h3-8,11,20H,9-10H2,1-2H3,(H2,16,17,21)/t11-/m0/s1. The molecule has 1 aromatic carbocycles. The number of carbonyl (C=O) groups is 1. The summed E-state index contributed by atoms with van der Waals surface area (Å²) >= 11 is 0. The number of aromatic nitrogens is 2. The largest absolute Gasteiger partial charge is 0.497 e. The van der Waals surface area contributed by atoms with Gasteiger partial charge >= 0.3 is 6.03 Å². The maximum absolute atomic E-state index is 11.5. The van der Waals surface area contributed by atoms with Gasteiger partial charge in [-0.05, 0) is 37.3 Å². The number of aliphatic hydroxyl groups is 1. The van der Waals surface area contributed by atoms with Crippen LogP contribution in [0.2, 0.25) is 0 Å². The number of aliphatic hydroxyl groups excluding tert-OH is 1. The first-order valence-corrected chi connectivity index (χ1v) is 6.97. The third-order valence-corrected chi connectivity index (χ3v) is 2.97. The Balaban J connectivity index is 1.89. The van der Waals surface area contributed by atoms with Gasteiger partial charge in [0.25, 0.3) is 0 Å². The van der Waals surface area contributed by atoms with Gasteiger partial charge in [-0.2, -0.15) is 5.10 Å². The van der Waals surface area contributed by atoms with Gasteiger partial charge in [0.1, 0.15) is 5.75 Å². The average Bonchev–Trinajstić information content (AvgIpc) is 3.00. The number of benzene rings is 1. The van der Waals surface area contributed by atoms with Gasteiger partial charge in [0.15, 0.2) is 0 Å². The number of hydrogen-bond acceptors (Lipinski definition) is 4. The first-order chi connectivity index (χ1) is 10.6. The second-order valence-corrected chi connectivity index (χ2v) is 4.86. The van der Waals surface area contributed by atoms with Gasteiger partial charge in [-0.25, -0.2) is 9.48 Å². The van der Waals surface area contributed by atoms with Gasteiger partial charge in [0.05, 0.1) is 31.1 Å². The number of methoxy groups -OCH3 is 1. The van der Waals surface area contributed by atoms with E-state index in [0.717, 1.165) is 17.1 Å². The lowest BCUT2D eigenvalue weighted by Gasteiger charge is -2.07. The Kier molecular flexibility index (Phi) is 5.37. The molecule has 3 N–H and O–H groups in total. The Morgan fingerprint density at radius 2 is 2.05 bits per heavy atom. The lowest BCUT2D eigenvalue weighted by atomic mass is 10.3. The van der Waals surface area contributed by atoms with Gasteiger partial charge < -0.3 is 20.5 Å². The monoisotopic (exact) mass is 304 g/mol. The molecule has 7 heteroatoms. The van der Waals surface area contributed by atoms with E-state index in [9.17, 15) is 4.79 Å². The van der Waals surface area contributed by atoms with Crippen LogP contribution in [0.25, 0.3) is 5.69 Å². The van der Waals surface area contributed by atoms with Gasteiger partial charge in [-0.15, -0.1) is 0 Å². The molecule has 2 amide bonds. The fraction of sp³-hybridized carbons (Fsp3) is 0.333. The summed E-state index contributed by atoms with van der Waals surface area (Å²) in [6.07, 6.45) is 1.26. The van der Waals surface area contributed by atoms with Crippen LogP contribution in [-0.4, -0.2) is 40.7 Å². The van der Waals surface area contributed by atoms with Gasteiger partial charge in [0.2, 0.25) is 0 Å². The lowest BCUT2D eigenvalue weighted by molar-refractivity contribution is 0.187. The summed E-state index contributed by atoms with van der Waals surface area (Å²) in [6, 6.07) is 9.02. The number of nitrogens with zero attached hydrogens (tertiary/aromatic N) is 2. The van der Waals surface area contributed by atoms with Crippen LogP contribution in [0.4, 0.5) is 4.79 Å². The van der Waals surface area contributed by atoms with Crippen molar-refractivity contribution in [1.82, 2.24) is 20.4 Å². The molecule has 0 aliphatic rings. The Bertz CT molecular complexity index is 608. The maximum Gasteiger partial charge on any atom is 0.315 e. The van der Waals surface area contributed by atoms with Gasteiger partial charge in [0, 0.05) is 12.7 Å². The average molecular weight is 304 g/mol. The van der Waals surface area contributed by atoms with E-state index in [1.54, 1.807) is 18.7 Å². The van der Waals surface area contributed by atoms with Crippen molar-refractivity contribution in [3.8, 4) is 11.4 Å². The van der Waals surface area contributed by atoms with E-state index in [0.29, 0.717) is 6.54 Å². The van der Waals surface area contributed by atoms with Crippen molar-refractivity contribution in [2.75, 3.05) is 13.7 Å². The van der Waals surface area contributed by atoms with E-state index in [-0.39, 0.29) is 12.6 Å². The van der Waals surface area contributed by atoms with Crippen molar-refractivity contribution in [2.24, 2.45) is 0 Å². The summed E-state index contributed by atoms with van der Waals surface area (Å²) < 4.78 is 6.84. The molecule has 0 unspecified atom stereocenters. The molecule has 1 atom stereocenters. The van der Waals surface area contributed by atoms with Crippen LogP contribution in [-0.2, 0) is 6.54 Å². The first kappa shape index (κ1) is 15.8. The summed E-state index contributed by atoms with van der Waals surface area (Å²) in [5.74, 6) is 0.785. The molecular formula is C15H20N4O3. The third kappa shape index (κ3) is 4.49. The number of nitrogens with one attached hydrogen (secondary N) is 2. The maximum atomic E-state index is 11.5. The van der Waals surface area contributed by atoms with Crippen molar-refractivity contribution >= 4 is 6.03 Å². The van der Waals surface area contributed by atoms with Gasteiger partial charge in [-0.1, -0.05) is 0 Å². The molecule has 7 nitrogen and oxygen atoms in total. The number of carbonyl (C=O) groups excluding carboxylic acids is 1. The van der Waals surface area contributed by atoms with Crippen molar-refractivity contribution in [1.29, 1.82) is 0 Å². The van der Waals surface area contributed by atoms with E-state index < -0.39 is 6.10 Å². The molecule has 118 valence electrons. The number of urea groups is 1. The quantitative estimate of drug-likeness (QED) is 0.744. The highest BCUT2D eigenvalue weighted by atomic mass is 16.5. The smallest absolute Gasteiger partial charge is 0.315 e. The predicted octanol–water partition coefficient (Wildman–Crippen LogP) is 1.06.